The topological polar surface area (TPSA) is 63.2 Å². The molecule has 2 aliphatic carbocycles. The Labute approximate surface area is 145 Å². The molecule has 1 aromatic rings. The lowest BCUT2D eigenvalue weighted by Gasteiger charge is -2.52. The van der Waals surface area contributed by atoms with Crippen LogP contribution in [0.3, 0.4) is 0 Å². The third-order valence-corrected chi connectivity index (χ3v) is 5.97. The van der Waals surface area contributed by atoms with E-state index in [1.54, 1.807) is 14.2 Å². The molecule has 0 radical (unpaired) electrons. The van der Waals surface area contributed by atoms with Crippen molar-refractivity contribution in [3.8, 4) is 11.5 Å². The maximum absolute atomic E-state index is 12.4. The highest BCUT2D eigenvalue weighted by atomic mass is 16.7. The van der Waals surface area contributed by atoms with Gasteiger partial charge in [-0.3, -0.25) is 4.79 Å². The van der Waals surface area contributed by atoms with Gasteiger partial charge in [-0.25, -0.2) is 0 Å². The van der Waals surface area contributed by atoms with Gasteiger partial charge in [0.05, 0.1) is 18.9 Å². The molecule has 2 bridgehead atoms. The molecule has 1 aromatic carbocycles. The number of rotatable bonds is 4. The van der Waals surface area contributed by atoms with E-state index >= 15 is 0 Å². The summed E-state index contributed by atoms with van der Waals surface area (Å²) in [5.74, 6) is 1.37. The van der Waals surface area contributed by atoms with E-state index in [9.17, 15) is 4.79 Å². The first-order valence-corrected chi connectivity index (χ1v) is 8.54. The third-order valence-electron chi connectivity index (χ3n) is 5.97. The molecule has 1 spiro atoms. The molecule has 0 amide bonds. The minimum Gasteiger partial charge on any atom is -0.493 e. The van der Waals surface area contributed by atoms with E-state index < -0.39 is 5.41 Å². The summed E-state index contributed by atoms with van der Waals surface area (Å²) in [5, 5.41) is 0. The Bertz CT molecular complexity index is 771. The Hall–Kier alpha value is -2.05. The molecule has 1 saturated heterocycles. The summed E-state index contributed by atoms with van der Waals surface area (Å²) in [7, 11) is 3.23. The Morgan fingerprint density at radius 1 is 1.24 bits per heavy atom. The van der Waals surface area contributed by atoms with Crippen molar-refractivity contribution >= 4 is 5.97 Å². The fourth-order valence-electron chi connectivity index (χ4n) is 5.12. The standard InChI is InChI=1S/C19H20O6/c1-21-9-23-13-6-4-11-14-7-10-3-5-12(22-2)17-16(10)19(11,18(13)25-17)8-15(20)24-14/h3-6,11,13-14,18H,7-9H2,1-2H3/t11-,13-,14+,18-,19-/m1/s1. The van der Waals surface area contributed by atoms with Gasteiger partial charge in [0.2, 0.25) is 0 Å². The fraction of sp³-hybridized carbons (Fsp3) is 0.526. The Morgan fingerprint density at radius 2 is 2.12 bits per heavy atom. The second kappa shape index (κ2) is 5.22. The molecular formula is C19H20O6. The molecule has 132 valence electrons. The van der Waals surface area contributed by atoms with E-state index in [4.69, 9.17) is 23.7 Å². The van der Waals surface area contributed by atoms with Gasteiger partial charge in [0.1, 0.15) is 25.1 Å². The predicted molar refractivity (Wildman–Crippen MR) is 86.7 cm³/mol. The molecule has 0 unspecified atom stereocenters. The number of ether oxygens (including phenoxy) is 5. The zero-order chi connectivity index (χ0) is 17.2. The molecule has 2 heterocycles. The largest absolute Gasteiger partial charge is 0.493 e. The number of methoxy groups -OCH3 is 2. The molecule has 0 saturated carbocycles. The Balaban J connectivity index is 1.72. The number of carbonyl (C=O) groups is 1. The predicted octanol–water partition coefficient (Wildman–Crippen LogP) is 1.74. The normalized spacial score (nSPS) is 36.5. The maximum atomic E-state index is 12.4. The molecule has 5 atom stereocenters. The van der Waals surface area contributed by atoms with Crippen molar-refractivity contribution in [3.05, 3.63) is 35.4 Å². The lowest BCUT2D eigenvalue weighted by atomic mass is 9.55. The van der Waals surface area contributed by atoms with Crippen molar-refractivity contribution in [2.45, 2.75) is 36.6 Å². The average molecular weight is 344 g/mol. The minimum absolute atomic E-state index is 0.0958. The molecule has 5 rings (SSSR count). The zero-order valence-electron chi connectivity index (χ0n) is 14.2. The smallest absolute Gasteiger partial charge is 0.307 e. The van der Waals surface area contributed by atoms with Crippen LogP contribution in [-0.4, -0.2) is 45.3 Å². The van der Waals surface area contributed by atoms with Gasteiger partial charge < -0.3 is 23.7 Å². The minimum atomic E-state index is -0.454. The third kappa shape index (κ3) is 1.84. The first-order chi connectivity index (χ1) is 12.2. The van der Waals surface area contributed by atoms with E-state index in [1.165, 1.54) is 5.56 Å². The van der Waals surface area contributed by atoms with Crippen LogP contribution in [0.1, 0.15) is 17.5 Å². The summed E-state index contributed by atoms with van der Waals surface area (Å²) < 4.78 is 28.5. The summed E-state index contributed by atoms with van der Waals surface area (Å²) in [5.41, 5.74) is 1.82. The number of hydrogen-bond acceptors (Lipinski definition) is 6. The van der Waals surface area contributed by atoms with E-state index in [1.807, 2.05) is 12.1 Å². The van der Waals surface area contributed by atoms with Gasteiger partial charge in [0.15, 0.2) is 11.5 Å². The lowest BCUT2D eigenvalue weighted by molar-refractivity contribution is -0.174. The van der Waals surface area contributed by atoms with Crippen molar-refractivity contribution < 1.29 is 28.5 Å². The molecule has 25 heavy (non-hydrogen) atoms. The quantitative estimate of drug-likeness (QED) is 0.471. The second-order valence-corrected chi connectivity index (χ2v) is 7.07. The van der Waals surface area contributed by atoms with Crippen LogP contribution in [0.25, 0.3) is 0 Å². The number of carbonyl (C=O) groups excluding carboxylic acids is 1. The van der Waals surface area contributed by atoms with Gasteiger partial charge >= 0.3 is 5.97 Å². The number of hydrogen-bond donors (Lipinski definition) is 0. The van der Waals surface area contributed by atoms with Crippen LogP contribution >= 0.6 is 0 Å². The van der Waals surface area contributed by atoms with Crippen molar-refractivity contribution in [1.29, 1.82) is 0 Å². The number of esters is 1. The Morgan fingerprint density at radius 3 is 2.92 bits per heavy atom. The molecule has 4 aliphatic rings. The van der Waals surface area contributed by atoms with Gasteiger partial charge in [0, 0.05) is 25.0 Å². The lowest BCUT2D eigenvalue weighted by Crippen LogP contribution is -2.62. The summed E-state index contributed by atoms with van der Waals surface area (Å²) in [4.78, 5) is 12.4. The summed E-state index contributed by atoms with van der Waals surface area (Å²) >= 11 is 0. The number of benzene rings is 1. The SMILES string of the molecule is COCO[C@@H]1C=C[C@@H]2[C@@H]3Cc4ccc(OC)c5c4[C@]2(CC(=O)O3)[C@@H]1O5. The average Bonchev–Trinajstić information content (AvgIpc) is 2.93. The van der Waals surface area contributed by atoms with E-state index in [0.717, 1.165) is 11.3 Å². The highest BCUT2D eigenvalue weighted by Gasteiger charge is 2.66. The summed E-state index contributed by atoms with van der Waals surface area (Å²) in [6.45, 7) is 0.170. The molecule has 0 N–H and O–H groups in total. The van der Waals surface area contributed by atoms with E-state index in [0.29, 0.717) is 18.6 Å². The van der Waals surface area contributed by atoms with Crippen LogP contribution in [0, 0.1) is 5.92 Å². The first kappa shape index (κ1) is 15.2. The van der Waals surface area contributed by atoms with E-state index in [-0.39, 0.29) is 37.0 Å². The summed E-state index contributed by atoms with van der Waals surface area (Å²) in [6, 6.07) is 4.00. The molecule has 6 nitrogen and oxygen atoms in total. The molecule has 2 aliphatic heterocycles. The fourth-order valence-corrected chi connectivity index (χ4v) is 5.12. The van der Waals surface area contributed by atoms with Crippen molar-refractivity contribution in [2.75, 3.05) is 21.0 Å². The Kier molecular flexibility index (Phi) is 3.18. The zero-order valence-corrected chi connectivity index (χ0v) is 14.2. The molecular weight excluding hydrogens is 324 g/mol. The van der Waals surface area contributed by atoms with Gasteiger partial charge in [-0.15, -0.1) is 0 Å². The van der Waals surface area contributed by atoms with Crippen LogP contribution in [-0.2, 0) is 30.8 Å². The molecule has 0 aromatic heterocycles. The van der Waals surface area contributed by atoms with Gasteiger partial charge in [-0.1, -0.05) is 18.2 Å². The van der Waals surface area contributed by atoms with Gasteiger partial charge in [-0.2, -0.15) is 0 Å². The van der Waals surface area contributed by atoms with Crippen LogP contribution in [0.15, 0.2) is 24.3 Å². The summed E-state index contributed by atoms with van der Waals surface area (Å²) in [6.07, 6.45) is 4.41. The van der Waals surface area contributed by atoms with Crippen molar-refractivity contribution in [1.82, 2.24) is 0 Å². The van der Waals surface area contributed by atoms with Gasteiger partial charge in [-0.05, 0) is 11.6 Å². The monoisotopic (exact) mass is 344 g/mol. The highest BCUT2D eigenvalue weighted by molar-refractivity contribution is 5.77. The highest BCUT2D eigenvalue weighted by Crippen LogP contribution is 2.62. The van der Waals surface area contributed by atoms with E-state index in [2.05, 4.69) is 12.1 Å². The van der Waals surface area contributed by atoms with Crippen molar-refractivity contribution in [3.63, 3.8) is 0 Å². The van der Waals surface area contributed by atoms with Crippen molar-refractivity contribution in [2.24, 2.45) is 5.92 Å². The van der Waals surface area contributed by atoms with Crippen LogP contribution in [0.5, 0.6) is 11.5 Å². The molecule has 1 fully saturated rings. The maximum Gasteiger partial charge on any atom is 0.307 e. The van der Waals surface area contributed by atoms with Crippen LogP contribution < -0.4 is 9.47 Å². The molecule has 6 heteroatoms. The van der Waals surface area contributed by atoms with Crippen LogP contribution in [0.4, 0.5) is 0 Å². The first-order valence-electron chi connectivity index (χ1n) is 8.54. The second-order valence-electron chi connectivity index (χ2n) is 7.07. The van der Waals surface area contributed by atoms with Gasteiger partial charge in [0.25, 0.3) is 0 Å². The van der Waals surface area contributed by atoms with Crippen LogP contribution in [0.2, 0.25) is 0 Å².